The van der Waals surface area contributed by atoms with E-state index in [-0.39, 0.29) is 18.4 Å². The molecule has 1 aromatic heterocycles. The fourth-order valence-electron chi connectivity index (χ4n) is 3.83. The van der Waals surface area contributed by atoms with Gasteiger partial charge in [-0.05, 0) is 47.7 Å². The van der Waals surface area contributed by atoms with E-state index in [0.717, 1.165) is 24.4 Å². The minimum atomic E-state index is -4.61. The van der Waals surface area contributed by atoms with E-state index >= 15 is 0 Å². The molecule has 2 unspecified atom stereocenters. The number of carbonyl (C=O) groups is 1. The molecular weight excluding hydrogens is 535 g/mol. The molecule has 3 rings (SSSR count). The third-order valence-electron chi connectivity index (χ3n) is 5.65. The molecule has 13 heteroatoms. The quantitative estimate of drug-likeness (QED) is 0.264. The highest BCUT2D eigenvalue weighted by Crippen LogP contribution is 2.35. The summed E-state index contributed by atoms with van der Waals surface area (Å²) in [7, 11) is 1.42. The molecule has 0 saturated carbocycles. The second-order valence-electron chi connectivity index (χ2n) is 8.23. The SMILES string of the molecule is CNC(=O)C(NC(CCc1ccc(C(F)(F)F)nc1)c1ccc(OC(F)F)c(OC(F)F)c1)c1ccccc1. The van der Waals surface area contributed by atoms with Crippen molar-refractivity contribution in [2.24, 2.45) is 0 Å². The molecule has 1 heterocycles. The summed E-state index contributed by atoms with van der Waals surface area (Å²) in [5, 5.41) is 5.68. The number of ether oxygens (including phenoxy) is 2. The Labute approximate surface area is 219 Å². The Hall–Kier alpha value is -3.87. The van der Waals surface area contributed by atoms with Crippen molar-refractivity contribution in [2.75, 3.05) is 7.05 Å². The number of benzene rings is 2. The number of likely N-dealkylation sites (N-methyl/N-ethyl adjacent to an activating group) is 1. The third kappa shape index (κ3) is 8.57. The van der Waals surface area contributed by atoms with E-state index in [1.165, 1.54) is 19.2 Å². The second-order valence-corrected chi connectivity index (χ2v) is 8.23. The van der Waals surface area contributed by atoms with Crippen LogP contribution in [0.3, 0.4) is 0 Å². The zero-order valence-electron chi connectivity index (χ0n) is 20.4. The summed E-state index contributed by atoms with van der Waals surface area (Å²) in [6.07, 6.45) is -3.23. The normalized spacial score (nSPS) is 13.3. The standard InChI is InChI=1S/C26H24F7N3O3/c1-34-23(37)22(16-5-3-2-4-6-16)36-18(10-7-15-8-12-21(35-14-15)26(31,32)33)17-9-11-19(38-24(27)28)20(13-17)39-25(29)30/h2-6,8-9,11-14,18,22,24-25,36H,7,10H2,1H3,(H,34,37). The van der Waals surface area contributed by atoms with E-state index in [1.54, 1.807) is 30.3 Å². The lowest BCUT2D eigenvalue weighted by Crippen LogP contribution is -2.38. The van der Waals surface area contributed by atoms with Crippen molar-refractivity contribution in [2.45, 2.75) is 44.3 Å². The summed E-state index contributed by atoms with van der Waals surface area (Å²) in [5.74, 6) is -1.70. The number of pyridine rings is 1. The minimum absolute atomic E-state index is 0.149. The number of nitrogens with one attached hydrogen (secondary N) is 2. The van der Waals surface area contributed by atoms with Crippen LogP contribution in [-0.2, 0) is 17.4 Å². The predicted molar refractivity (Wildman–Crippen MR) is 126 cm³/mol. The van der Waals surface area contributed by atoms with Gasteiger partial charge in [-0.25, -0.2) is 0 Å². The first-order valence-corrected chi connectivity index (χ1v) is 11.6. The average molecular weight is 559 g/mol. The van der Waals surface area contributed by atoms with E-state index < -0.39 is 54.6 Å². The van der Waals surface area contributed by atoms with Crippen molar-refractivity contribution in [1.82, 2.24) is 15.6 Å². The molecule has 2 aromatic carbocycles. The molecular formula is C26H24F7N3O3. The lowest BCUT2D eigenvalue weighted by atomic mass is 9.96. The molecule has 0 aliphatic heterocycles. The van der Waals surface area contributed by atoms with E-state index in [1.807, 2.05) is 0 Å². The van der Waals surface area contributed by atoms with Gasteiger partial charge in [-0.1, -0.05) is 42.5 Å². The van der Waals surface area contributed by atoms with Gasteiger partial charge >= 0.3 is 19.4 Å². The smallest absolute Gasteiger partial charge is 0.431 e. The van der Waals surface area contributed by atoms with Crippen molar-refractivity contribution in [3.05, 3.63) is 89.2 Å². The van der Waals surface area contributed by atoms with Crippen LogP contribution >= 0.6 is 0 Å². The fraction of sp³-hybridized carbons (Fsp3) is 0.308. The number of halogens is 7. The van der Waals surface area contributed by atoms with Gasteiger partial charge in [0.2, 0.25) is 5.91 Å². The summed E-state index contributed by atoms with van der Waals surface area (Å²) in [6.45, 7) is -6.64. The first-order valence-electron chi connectivity index (χ1n) is 11.6. The molecule has 0 aliphatic rings. The Morgan fingerprint density at radius 3 is 2.13 bits per heavy atom. The Morgan fingerprint density at radius 2 is 1.56 bits per heavy atom. The Kier molecular flexibility index (Phi) is 10.1. The average Bonchev–Trinajstić information content (AvgIpc) is 2.89. The lowest BCUT2D eigenvalue weighted by Gasteiger charge is -2.26. The maximum absolute atomic E-state index is 13.0. The Morgan fingerprint density at radius 1 is 0.897 bits per heavy atom. The predicted octanol–water partition coefficient (Wildman–Crippen LogP) is 6.05. The molecule has 2 atom stereocenters. The zero-order valence-corrected chi connectivity index (χ0v) is 20.4. The number of hydrogen-bond donors (Lipinski definition) is 2. The molecule has 210 valence electrons. The number of hydrogen-bond acceptors (Lipinski definition) is 5. The summed E-state index contributed by atoms with van der Waals surface area (Å²) >= 11 is 0. The van der Waals surface area contributed by atoms with E-state index in [0.29, 0.717) is 11.1 Å². The van der Waals surface area contributed by atoms with Crippen molar-refractivity contribution in [3.63, 3.8) is 0 Å². The first kappa shape index (κ1) is 29.7. The van der Waals surface area contributed by atoms with Gasteiger partial charge in [0.1, 0.15) is 11.7 Å². The van der Waals surface area contributed by atoms with Crippen molar-refractivity contribution < 1.29 is 45.0 Å². The van der Waals surface area contributed by atoms with E-state index in [2.05, 4.69) is 25.1 Å². The molecule has 39 heavy (non-hydrogen) atoms. The van der Waals surface area contributed by atoms with Crippen LogP contribution < -0.4 is 20.1 Å². The molecule has 0 spiro atoms. The van der Waals surface area contributed by atoms with Crippen LogP contribution in [0.1, 0.15) is 40.9 Å². The van der Waals surface area contributed by atoms with Gasteiger partial charge < -0.3 is 14.8 Å². The molecule has 1 amide bonds. The van der Waals surface area contributed by atoms with Crippen LogP contribution in [0.25, 0.3) is 0 Å². The van der Waals surface area contributed by atoms with Crippen LogP contribution in [0.4, 0.5) is 30.7 Å². The summed E-state index contributed by atoms with van der Waals surface area (Å²) in [6, 6.07) is 12.4. The van der Waals surface area contributed by atoms with Crippen LogP contribution in [0.2, 0.25) is 0 Å². The maximum atomic E-state index is 13.0. The third-order valence-corrected chi connectivity index (χ3v) is 5.65. The van der Waals surface area contributed by atoms with Crippen molar-refractivity contribution in [1.29, 1.82) is 0 Å². The minimum Gasteiger partial charge on any atom is -0.431 e. The van der Waals surface area contributed by atoms with Gasteiger partial charge in [-0.15, -0.1) is 0 Å². The largest absolute Gasteiger partial charge is 0.433 e. The first-order chi connectivity index (χ1) is 18.5. The topological polar surface area (TPSA) is 72.5 Å². The number of aromatic nitrogens is 1. The number of alkyl halides is 7. The van der Waals surface area contributed by atoms with Gasteiger partial charge in [-0.2, -0.15) is 30.7 Å². The lowest BCUT2D eigenvalue weighted by molar-refractivity contribution is -0.141. The highest BCUT2D eigenvalue weighted by atomic mass is 19.4. The zero-order chi connectivity index (χ0) is 28.6. The molecule has 2 N–H and O–H groups in total. The number of aryl methyl sites for hydroxylation is 1. The monoisotopic (exact) mass is 559 g/mol. The molecule has 0 fully saturated rings. The van der Waals surface area contributed by atoms with Crippen LogP contribution in [0.5, 0.6) is 11.5 Å². The summed E-state index contributed by atoms with van der Waals surface area (Å²) in [4.78, 5) is 16.2. The van der Waals surface area contributed by atoms with Gasteiger partial charge in [0.05, 0.1) is 0 Å². The van der Waals surface area contributed by atoms with Crippen molar-refractivity contribution in [3.8, 4) is 11.5 Å². The van der Waals surface area contributed by atoms with E-state index in [4.69, 9.17) is 0 Å². The highest BCUT2D eigenvalue weighted by Gasteiger charge is 2.32. The van der Waals surface area contributed by atoms with Gasteiger partial charge in [0, 0.05) is 19.3 Å². The van der Waals surface area contributed by atoms with E-state index in [9.17, 15) is 35.5 Å². The maximum Gasteiger partial charge on any atom is 0.433 e. The number of carbonyl (C=O) groups excluding carboxylic acids is 1. The molecule has 0 aliphatic carbocycles. The Bertz CT molecular complexity index is 1210. The molecule has 0 bridgehead atoms. The summed E-state index contributed by atoms with van der Waals surface area (Å²) < 4.78 is 98.9. The van der Waals surface area contributed by atoms with Crippen LogP contribution in [0.15, 0.2) is 66.9 Å². The molecule has 6 nitrogen and oxygen atoms in total. The molecule has 0 radical (unpaired) electrons. The van der Waals surface area contributed by atoms with Crippen LogP contribution in [0, 0.1) is 0 Å². The number of rotatable bonds is 12. The number of amides is 1. The molecule has 0 saturated heterocycles. The highest BCUT2D eigenvalue weighted by molar-refractivity contribution is 5.83. The Balaban J connectivity index is 1.97. The van der Waals surface area contributed by atoms with Gasteiger partial charge in [0.15, 0.2) is 11.5 Å². The second kappa shape index (κ2) is 13.3. The summed E-state index contributed by atoms with van der Waals surface area (Å²) in [5.41, 5.74) is 0.220. The van der Waals surface area contributed by atoms with Crippen LogP contribution in [-0.4, -0.2) is 31.2 Å². The fourth-order valence-corrected chi connectivity index (χ4v) is 3.83. The van der Waals surface area contributed by atoms with Gasteiger partial charge in [0.25, 0.3) is 0 Å². The van der Waals surface area contributed by atoms with Gasteiger partial charge in [-0.3, -0.25) is 15.1 Å². The van der Waals surface area contributed by atoms with Crippen molar-refractivity contribution >= 4 is 5.91 Å². The number of nitrogens with zero attached hydrogens (tertiary/aromatic N) is 1. The molecule has 3 aromatic rings.